The minimum Gasteiger partial charge on any atom is -0.376 e. The number of benzene rings is 1. The Morgan fingerprint density at radius 3 is 2.92 bits per heavy atom. The van der Waals surface area contributed by atoms with E-state index in [0.29, 0.717) is 6.61 Å². The standard InChI is InChI=1S/C18H24N2O3S/c1-14(23-13-16-9-5-6-11-22-16)17(21)20(18-19-10-12-24-18)15-7-3-2-4-8-15/h2-4,7-8,14,16H,5-6,9-13H2,1H3. The summed E-state index contributed by atoms with van der Waals surface area (Å²) >= 11 is 1.61. The van der Waals surface area contributed by atoms with Gasteiger partial charge in [-0.25, -0.2) is 0 Å². The van der Waals surface area contributed by atoms with Gasteiger partial charge < -0.3 is 9.47 Å². The molecule has 1 saturated heterocycles. The van der Waals surface area contributed by atoms with Gasteiger partial charge in [0.05, 0.1) is 24.9 Å². The van der Waals surface area contributed by atoms with Crippen molar-refractivity contribution in [2.45, 2.75) is 38.4 Å². The summed E-state index contributed by atoms with van der Waals surface area (Å²) in [5.74, 6) is 0.835. The number of hydrogen-bond acceptors (Lipinski definition) is 5. The Morgan fingerprint density at radius 1 is 1.42 bits per heavy atom. The van der Waals surface area contributed by atoms with Crippen LogP contribution in [0.3, 0.4) is 0 Å². The lowest BCUT2D eigenvalue weighted by Crippen LogP contribution is -2.42. The van der Waals surface area contributed by atoms with Crippen molar-refractivity contribution in [3.63, 3.8) is 0 Å². The number of carbonyl (C=O) groups excluding carboxylic acids is 1. The molecule has 0 bridgehead atoms. The number of amides is 1. The molecule has 0 saturated carbocycles. The Balaban J connectivity index is 1.66. The highest BCUT2D eigenvalue weighted by atomic mass is 32.2. The Hall–Kier alpha value is -1.37. The van der Waals surface area contributed by atoms with E-state index < -0.39 is 6.10 Å². The van der Waals surface area contributed by atoms with Gasteiger partial charge in [0.1, 0.15) is 6.10 Å². The van der Waals surface area contributed by atoms with Crippen LogP contribution >= 0.6 is 11.8 Å². The van der Waals surface area contributed by atoms with Crippen LogP contribution in [0.2, 0.25) is 0 Å². The normalized spacial score (nSPS) is 22.0. The fourth-order valence-electron chi connectivity index (χ4n) is 2.81. The third kappa shape index (κ3) is 4.37. The smallest absolute Gasteiger partial charge is 0.261 e. The van der Waals surface area contributed by atoms with Crippen LogP contribution in [0.25, 0.3) is 0 Å². The average molecular weight is 348 g/mol. The molecule has 0 aromatic heterocycles. The number of para-hydroxylation sites is 1. The van der Waals surface area contributed by atoms with Crippen molar-refractivity contribution in [1.82, 2.24) is 0 Å². The van der Waals surface area contributed by atoms with Gasteiger partial charge in [-0.2, -0.15) is 0 Å². The third-order valence-corrected chi connectivity index (χ3v) is 5.11. The lowest BCUT2D eigenvalue weighted by atomic mass is 10.1. The fraction of sp³-hybridized carbons (Fsp3) is 0.556. The van der Waals surface area contributed by atoms with Gasteiger partial charge in [-0.3, -0.25) is 14.7 Å². The van der Waals surface area contributed by atoms with E-state index in [-0.39, 0.29) is 12.0 Å². The molecule has 6 heteroatoms. The molecular formula is C18H24N2O3S. The molecule has 2 unspecified atom stereocenters. The number of anilines is 1. The van der Waals surface area contributed by atoms with E-state index in [1.165, 1.54) is 6.42 Å². The van der Waals surface area contributed by atoms with Crippen LogP contribution in [-0.4, -0.2) is 48.8 Å². The zero-order chi connectivity index (χ0) is 16.8. The minimum atomic E-state index is -0.528. The molecule has 2 atom stereocenters. The second kappa shape index (κ2) is 8.65. The molecule has 1 amide bonds. The van der Waals surface area contributed by atoms with Crippen molar-refractivity contribution in [2.24, 2.45) is 4.99 Å². The van der Waals surface area contributed by atoms with Crippen LogP contribution in [0.15, 0.2) is 35.3 Å². The minimum absolute atomic E-state index is 0.0786. The van der Waals surface area contributed by atoms with Gasteiger partial charge in [-0.05, 0) is 38.3 Å². The predicted octanol–water partition coefficient (Wildman–Crippen LogP) is 3.10. The van der Waals surface area contributed by atoms with Crippen LogP contribution < -0.4 is 4.90 Å². The van der Waals surface area contributed by atoms with E-state index in [9.17, 15) is 4.79 Å². The molecular weight excluding hydrogens is 324 g/mol. The van der Waals surface area contributed by atoms with Crippen molar-refractivity contribution < 1.29 is 14.3 Å². The molecule has 0 radical (unpaired) electrons. The topological polar surface area (TPSA) is 51.1 Å². The van der Waals surface area contributed by atoms with E-state index in [1.54, 1.807) is 23.6 Å². The summed E-state index contributed by atoms with van der Waals surface area (Å²) in [6.45, 7) is 3.82. The first-order valence-corrected chi connectivity index (χ1v) is 9.54. The number of nitrogens with zero attached hydrogens (tertiary/aromatic N) is 2. The number of rotatable bonds is 5. The van der Waals surface area contributed by atoms with Crippen molar-refractivity contribution in [1.29, 1.82) is 0 Å². The van der Waals surface area contributed by atoms with E-state index >= 15 is 0 Å². The average Bonchev–Trinajstić information content (AvgIpc) is 3.16. The van der Waals surface area contributed by atoms with Gasteiger partial charge in [-0.1, -0.05) is 30.0 Å². The first-order chi connectivity index (χ1) is 11.8. The summed E-state index contributed by atoms with van der Waals surface area (Å²) < 4.78 is 11.5. The second-order valence-corrected chi connectivity index (χ2v) is 7.05. The van der Waals surface area contributed by atoms with Gasteiger partial charge in [0.2, 0.25) is 0 Å². The molecule has 3 rings (SSSR count). The van der Waals surface area contributed by atoms with E-state index in [2.05, 4.69) is 4.99 Å². The number of aliphatic imine (C=N–C) groups is 1. The Bertz CT molecular complexity index is 573. The third-order valence-electron chi connectivity index (χ3n) is 4.15. The van der Waals surface area contributed by atoms with Crippen molar-refractivity contribution in [3.05, 3.63) is 30.3 Å². The van der Waals surface area contributed by atoms with Crippen molar-refractivity contribution in [2.75, 3.05) is 30.4 Å². The Kier molecular flexibility index (Phi) is 6.29. The van der Waals surface area contributed by atoms with E-state index in [0.717, 1.165) is 42.6 Å². The maximum atomic E-state index is 13.0. The molecule has 1 aromatic rings. The zero-order valence-electron chi connectivity index (χ0n) is 14.0. The van der Waals surface area contributed by atoms with Gasteiger partial charge >= 0.3 is 0 Å². The molecule has 5 nitrogen and oxygen atoms in total. The number of ether oxygens (including phenoxy) is 2. The molecule has 0 N–H and O–H groups in total. The summed E-state index contributed by atoms with van der Waals surface area (Å²) in [6, 6.07) is 9.65. The highest BCUT2D eigenvalue weighted by molar-refractivity contribution is 8.14. The van der Waals surface area contributed by atoms with Gasteiger partial charge in [0.25, 0.3) is 5.91 Å². The Labute approximate surface area is 147 Å². The van der Waals surface area contributed by atoms with Crippen LogP contribution in [-0.2, 0) is 14.3 Å². The fourth-order valence-corrected chi connectivity index (χ4v) is 3.68. The summed E-state index contributed by atoms with van der Waals surface area (Å²) in [6.07, 6.45) is 2.87. The first kappa shape index (κ1) is 17.5. The van der Waals surface area contributed by atoms with E-state index in [4.69, 9.17) is 9.47 Å². The van der Waals surface area contributed by atoms with Crippen LogP contribution in [0, 0.1) is 0 Å². The van der Waals surface area contributed by atoms with Gasteiger partial charge in [0.15, 0.2) is 5.17 Å². The number of carbonyl (C=O) groups is 1. The summed E-state index contributed by atoms with van der Waals surface area (Å²) in [5, 5.41) is 0.760. The summed E-state index contributed by atoms with van der Waals surface area (Å²) in [7, 11) is 0. The number of amidine groups is 1. The quantitative estimate of drug-likeness (QED) is 0.820. The molecule has 2 aliphatic rings. The predicted molar refractivity (Wildman–Crippen MR) is 97.7 cm³/mol. The van der Waals surface area contributed by atoms with E-state index in [1.807, 2.05) is 30.3 Å². The molecule has 130 valence electrons. The Morgan fingerprint density at radius 2 is 2.25 bits per heavy atom. The molecule has 2 aliphatic heterocycles. The van der Waals surface area contributed by atoms with Gasteiger partial charge in [0, 0.05) is 12.4 Å². The van der Waals surface area contributed by atoms with Gasteiger partial charge in [-0.15, -0.1) is 0 Å². The SMILES string of the molecule is CC(OCC1CCCCO1)C(=O)N(C1=NCCS1)c1ccccc1. The maximum absolute atomic E-state index is 13.0. The molecule has 1 aromatic carbocycles. The molecule has 1 fully saturated rings. The maximum Gasteiger partial charge on any atom is 0.261 e. The summed E-state index contributed by atoms with van der Waals surface area (Å²) in [5.41, 5.74) is 0.833. The summed E-state index contributed by atoms with van der Waals surface area (Å²) in [4.78, 5) is 19.1. The molecule has 2 heterocycles. The second-order valence-electron chi connectivity index (χ2n) is 5.99. The highest BCUT2D eigenvalue weighted by Crippen LogP contribution is 2.24. The first-order valence-electron chi connectivity index (χ1n) is 8.55. The molecule has 24 heavy (non-hydrogen) atoms. The van der Waals surface area contributed by atoms with Crippen molar-refractivity contribution >= 4 is 28.5 Å². The van der Waals surface area contributed by atoms with Crippen LogP contribution in [0.1, 0.15) is 26.2 Å². The highest BCUT2D eigenvalue weighted by Gasteiger charge is 2.29. The molecule has 0 aliphatic carbocycles. The lowest BCUT2D eigenvalue weighted by Gasteiger charge is -2.27. The lowest BCUT2D eigenvalue weighted by molar-refractivity contribution is -0.131. The largest absolute Gasteiger partial charge is 0.376 e. The monoisotopic (exact) mass is 348 g/mol. The zero-order valence-corrected chi connectivity index (χ0v) is 14.8. The number of hydrogen-bond donors (Lipinski definition) is 0. The van der Waals surface area contributed by atoms with Crippen LogP contribution in [0.4, 0.5) is 5.69 Å². The van der Waals surface area contributed by atoms with Crippen molar-refractivity contribution in [3.8, 4) is 0 Å². The molecule has 0 spiro atoms. The van der Waals surface area contributed by atoms with Crippen LogP contribution in [0.5, 0.6) is 0 Å². The number of thioether (sulfide) groups is 1.